The lowest BCUT2D eigenvalue weighted by Gasteiger charge is -2.28. The van der Waals surface area contributed by atoms with Gasteiger partial charge in [0.15, 0.2) is 0 Å². The van der Waals surface area contributed by atoms with Crippen LogP contribution in [-0.4, -0.2) is 35.6 Å². The first-order valence-corrected chi connectivity index (χ1v) is 6.58. The maximum Gasteiger partial charge on any atom is 0.108 e. The molecule has 2 fully saturated rings. The molecule has 90 valence electrons. The molecular formula is C13H23N3. The molecule has 1 N–H and O–H groups in total. The predicted octanol–water partition coefficient (Wildman–Crippen LogP) is 1.90. The largest absolute Gasteiger partial charge is 0.300 e. The van der Waals surface area contributed by atoms with E-state index < -0.39 is 0 Å². The first-order valence-electron chi connectivity index (χ1n) is 6.58. The van der Waals surface area contributed by atoms with Crippen LogP contribution in [-0.2, 0) is 0 Å². The van der Waals surface area contributed by atoms with Crippen molar-refractivity contribution in [2.24, 2.45) is 0 Å². The van der Waals surface area contributed by atoms with E-state index >= 15 is 0 Å². The Labute approximate surface area is 98.8 Å². The Morgan fingerprint density at radius 3 is 2.62 bits per heavy atom. The number of nitrogens with zero attached hydrogens (tertiary/aromatic N) is 2. The zero-order valence-corrected chi connectivity index (χ0v) is 10.5. The smallest absolute Gasteiger partial charge is 0.108 e. The van der Waals surface area contributed by atoms with Gasteiger partial charge in [0.1, 0.15) is 5.54 Å². The van der Waals surface area contributed by atoms with Gasteiger partial charge >= 0.3 is 0 Å². The molecule has 2 aliphatic rings. The highest BCUT2D eigenvalue weighted by Gasteiger charge is 2.42. The van der Waals surface area contributed by atoms with E-state index in [1.165, 1.54) is 32.4 Å². The van der Waals surface area contributed by atoms with Crippen molar-refractivity contribution >= 4 is 0 Å². The van der Waals surface area contributed by atoms with Crippen LogP contribution in [0.5, 0.6) is 0 Å². The number of nitrogens with one attached hydrogen (secondary N) is 1. The second-order valence-electron chi connectivity index (χ2n) is 5.63. The number of nitriles is 1. The molecule has 0 aromatic heterocycles. The summed E-state index contributed by atoms with van der Waals surface area (Å²) in [6, 6.07) is 3.57. The average Bonchev–Trinajstić information content (AvgIpc) is 2.85. The minimum atomic E-state index is -0.249. The SMILES string of the molecule is CC(C)NC1(C#N)CCC(N2CCCC2)C1. The maximum absolute atomic E-state index is 9.39. The minimum Gasteiger partial charge on any atom is -0.300 e. The molecule has 2 unspecified atom stereocenters. The monoisotopic (exact) mass is 221 g/mol. The van der Waals surface area contributed by atoms with Crippen LogP contribution in [0.2, 0.25) is 0 Å². The van der Waals surface area contributed by atoms with Crippen LogP contribution in [0.25, 0.3) is 0 Å². The summed E-state index contributed by atoms with van der Waals surface area (Å²) in [4.78, 5) is 2.58. The average molecular weight is 221 g/mol. The zero-order valence-electron chi connectivity index (χ0n) is 10.5. The molecule has 0 aromatic carbocycles. The van der Waals surface area contributed by atoms with Crippen molar-refractivity contribution in [3.05, 3.63) is 0 Å². The topological polar surface area (TPSA) is 39.1 Å². The van der Waals surface area contributed by atoms with Crippen LogP contribution in [0.4, 0.5) is 0 Å². The molecule has 0 bridgehead atoms. The zero-order chi connectivity index (χ0) is 11.6. The molecule has 2 atom stereocenters. The Balaban J connectivity index is 1.96. The molecule has 3 heteroatoms. The third-order valence-electron chi connectivity index (χ3n) is 3.92. The standard InChI is InChI=1S/C13H23N3/c1-11(2)15-13(10-14)6-5-12(9-13)16-7-3-4-8-16/h11-12,15H,3-9H2,1-2H3. The van der Waals surface area contributed by atoms with Crippen molar-refractivity contribution in [1.82, 2.24) is 10.2 Å². The number of hydrogen-bond acceptors (Lipinski definition) is 3. The van der Waals surface area contributed by atoms with E-state index in [0.29, 0.717) is 12.1 Å². The molecule has 1 aliphatic heterocycles. The summed E-state index contributed by atoms with van der Waals surface area (Å²) in [7, 11) is 0. The number of rotatable bonds is 3. The molecule has 0 spiro atoms. The van der Waals surface area contributed by atoms with Crippen LogP contribution >= 0.6 is 0 Å². The summed E-state index contributed by atoms with van der Waals surface area (Å²) >= 11 is 0. The lowest BCUT2D eigenvalue weighted by molar-refractivity contribution is 0.234. The van der Waals surface area contributed by atoms with E-state index in [4.69, 9.17) is 0 Å². The van der Waals surface area contributed by atoms with Gasteiger partial charge in [0, 0.05) is 12.1 Å². The van der Waals surface area contributed by atoms with Gasteiger partial charge in [-0.15, -0.1) is 0 Å². The molecule has 0 aromatic rings. The van der Waals surface area contributed by atoms with Crippen molar-refractivity contribution in [2.75, 3.05) is 13.1 Å². The molecule has 3 nitrogen and oxygen atoms in total. The highest BCUT2D eigenvalue weighted by molar-refractivity contribution is 5.14. The van der Waals surface area contributed by atoms with Crippen LogP contribution in [0.3, 0.4) is 0 Å². The Morgan fingerprint density at radius 1 is 1.38 bits per heavy atom. The fourth-order valence-electron chi connectivity index (χ4n) is 3.26. The van der Waals surface area contributed by atoms with Gasteiger partial charge in [0.05, 0.1) is 6.07 Å². The molecule has 0 radical (unpaired) electrons. The fraction of sp³-hybridized carbons (Fsp3) is 0.923. The minimum absolute atomic E-state index is 0.249. The fourth-order valence-corrected chi connectivity index (χ4v) is 3.26. The summed E-state index contributed by atoms with van der Waals surface area (Å²) < 4.78 is 0. The van der Waals surface area contributed by atoms with Gasteiger partial charge < -0.3 is 4.90 Å². The Hall–Kier alpha value is -0.590. The van der Waals surface area contributed by atoms with E-state index in [1.54, 1.807) is 0 Å². The second kappa shape index (κ2) is 4.73. The van der Waals surface area contributed by atoms with Crippen LogP contribution in [0, 0.1) is 11.3 Å². The van der Waals surface area contributed by atoms with Crippen LogP contribution in [0.1, 0.15) is 46.0 Å². The summed E-state index contributed by atoms with van der Waals surface area (Å²) in [6.07, 6.45) is 5.90. The van der Waals surface area contributed by atoms with E-state index in [0.717, 1.165) is 12.8 Å². The Kier molecular flexibility index (Phi) is 3.51. The van der Waals surface area contributed by atoms with E-state index in [9.17, 15) is 5.26 Å². The molecule has 1 saturated carbocycles. The van der Waals surface area contributed by atoms with E-state index in [-0.39, 0.29) is 5.54 Å². The van der Waals surface area contributed by atoms with E-state index in [2.05, 4.69) is 30.1 Å². The highest BCUT2D eigenvalue weighted by Crippen LogP contribution is 2.34. The molecule has 16 heavy (non-hydrogen) atoms. The quantitative estimate of drug-likeness (QED) is 0.791. The van der Waals surface area contributed by atoms with Crippen LogP contribution < -0.4 is 5.32 Å². The van der Waals surface area contributed by atoms with Gasteiger partial charge in [-0.1, -0.05) is 0 Å². The van der Waals surface area contributed by atoms with E-state index in [1.807, 2.05) is 0 Å². The predicted molar refractivity (Wildman–Crippen MR) is 65.1 cm³/mol. The molecule has 1 saturated heterocycles. The summed E-state index contributed by atoms with van der Waals surface area (Å²) in [6.45, 7) is 6.74. The normalized spacial score (nSPS) is 35.8. The Morgan fingerprint density at radius 2 is 2.06 bits per heavy atom. The first-order chi connectivity index (χ1) is 7.65. The Bertz CT molecular complexity index is 275. The molecule has 1 aliphatic carbocycles. The maximum atomic E-state index is 9.39. The van der Waals surface area contributed by atoms with Gasteiger partial charge in [0.25, 0.3) is 0 Å². The molecule has 2 rings (SSSR count). The number of hydrogen-bond donors (Lipinski definition) is 1. The van der Waals surface area contributed by atoms with Gasteiger partial charge in [-0.2, -0.15) is 5.26 Å². The summed E-state index contributed by atoms with van der Waals surface area (Å²) in [5.74, 6) is 0. The van der Waals surface area contributed by atoms with Crippen molar-refractivity contribution in [3.8, 4) is 6.07 Å². The van der Waals surface area contributed by atoms with Gasteiger partial charge in [-0.05, 0) is 59.0 Å². The second-order valence-corrected chi connectivity index (χ2v) is 5.63. The first kappa shape index (κ1) is 11.9. The van der Waals surface area contributed by atoms with Crippen LogP contribution in [0.15, 0.2) is 0 Å². The molecule has 1 heterocycles. The highest BCUT2D eigenvalue weighted by atomic mass is 15.2. The summed E-state index contributed by atoms with van der Waals surface area (Å²) in [5.41, 5.74) is -0.249. The summed E-state index contributed by atoms with van der Waals surface area (Å²) in [5, 5.41) is 12.9. The molecular weight excluding hydrogens is 198 g/mol. The number of likely N-dealkylation sites (tertiary alicyclic amines) is 1. The van der Waals surface area contributed by atoms with Gasteiger partial charge in [-0.25, -0.2) is 0 Å². The van der Waals surface area contributed by atoms with Gasteiger partial charge in [0.2, 0.25) is 0 Å². The van der Waals surface area contributed by atoms with Gasteiger partial charge in [-0.3, -0.25) is 5.32 Å². The lowest BCUT2D eigenvalue weighted by Crippen LogP contribution is -2.46. The molecule has 0 amide bonds. The van der Waals surface area contributed by atoms with Crippen molar-refractivity contribution in [1.29, 1.82) is 5.26 Å². The van der Waals surface area contributed by atoms with Crippen molar-refractivity contribution < 1.29 is 0 Å². The van der Waals surface area contributed by atoms with Crippen molar-refractivity contribution in [3.63, 3.8) is 0 Å². The lowest BCUT2D eigenvalue weighted by atomic mass is 9.98. The third-order valence-corrected chi connectivity index (χ3v) is 3.92. The third kappa shape index (κ3) is 2.39. The van der Waals surface area contributed by atoms with Crippen molar-refractivity contribution in [2.45, 2.75) is 63.6 Å².